The van der Waals surface area contributed by atoms with Crippen LogP contribution in [0.4, 0.5) is 0 Å². The van der Waals surface area contributed by atoms with Crippen LogP contribution in [0, 0.1) is 0 Å². The highest BCUT2D eigenvalue weighted by molar-refractivity contribution is 14.0. The third-order valence-corrected chi connectivity index (χ3v) is 3.51. The predicted molar refractivity (Wildman–Crippen MR) is 103 cm³/mol. The van der Waals surface area contributed by atoms with Crippen molar-refractivity contribution in [3.63, 3.8) is 0 Å². The van der Waals surface area contributed by atoms with Crippen LogP contribution in [-0.2, 0) is 9.47 Å². The smallest absolute Gasteiger partial charge is 0.191 e. The maximum Gasteiger partial charge on any atom is 0.191 e. The van der Waals surface area contributed by atoms with Gasteiger partial charge in [0.25, 0.3) is 0 Å². The molecular formula is C16H34IN3O2. The van der Waals surface area contributed by atoms with Gasteiger partial charge in [-0.05, 0) is 32.6 Å². The zero-order chi connectivity index (χ0) is 15.2. The van der Waals surface area contributed by atoms with Crippen molar-refractivity contribution in [1.82, 2.24) is 10.6 Å². The van der Waals surface area contributed by atoms with Crippen molar-refractivity contribution in [1.29, 1.82) is 0 Å². The van der Waals surface area contributed by atoms with E-state index in [4.69, 9.17) is 9.47 Å². The molecule has 0 atom stereocenters. The lowest BCUT2D eigenvalue weighted by Gasteiger charge is -2.22. The summed E-state index contributed by atoms with van der Waals surface area (Å²) in [6.07, 6.45) is 7.15. The number of hydrogen-bond donors (Lipinski definition) is 2. The number of ether oxygens (including phenoxy) is 2. The van der Waals surface area contributed by atoms with Gasteiger partial charge in [-0.15, -0.1) is 24.0 Å². The number of unbranched alkanes of at least 4 members (excludes halogenated alkanes) is 2. The summed E-state index contributed by atoms with van der Waals surface area (Å²) in [5.74, 6) is 0.930. The van der Waals surface area contributed by atoms with Crippen LogP contribution >= 0.6 is 24.0 Å². The Labute approximate surface area is 153 Å². The molecule has 0 aliphatic carbocycles. The molecule has 1 heterocycles. The van der Waals surface area contributed by atoms with E-state index in [1.54, 1.807) is 0 Å². The Bertz CT molecular complexity index is 272. The first kappa shape index (κ1) is 21.9. The summed E-state index contributed by atoms with van der Waals surface area (Å²) in [5, 5.41) is 6.66. The van der Waals surface area contributed by atoms with Crippen LogP contribution in [0.15, 0.2) is 4.99 Å². The average Bonchev–Trinajstić information content (AvgIpc) is 2.52. The molecule has 0 aromatic carbocycles. The summed E-state index contributed by atoms with van der Waals surface area (Å²) in [6.45, 7) is 9.51. The van der Waals surface area contributed by atoms with Crippen molar-refractivity contribution in [3.05, 3.63) is 0 Å². The van der Waals surface area contributed by atoms with E-state index in [9.17, 15) is 0 Å². The van der Waals surface area contributed by atoms with Gasteiger partial charge in [0.15, 0.2) is 5.96 Å². The van der Waals surface area contributed by atoms with Crippen molar-refractivity contribution < 1.29 is 9.47 Å². The van der Waals surface area contributed by atoms with Crippen LogP contribution in [0.2, 0.25) is 0 Å². The number of hydrogen-bond acceptors (Lipinski definition) is 3. The van der Waals surface area contributed by atoms with Gasteiger partial charge in [-0.3, -0.25) is 4.99 Å². The van der Waals surface area contributed by atoms with Crippen molar-refractivity contribution in [2.45, 2.75) is 58.5 Å². The van der Waals surface area contributed by atoms with Gasteiger partial charge in [0.05, 0.1) is 6.10 Å². The van der Waals surface area contributed by atoms with Crippen LogP contribution in [0.5, 0.6) is 0 Å². The third-order valence-electron chi connectivity index (χ3n) is 3.51. The molecule has 0 unspecified atom stereocenters. The molecule has 0 spiro atoms. The Morgan fingerprint density at radius 3 is 2.59 bits per heavy atom. The van der Waals surface area contributed by atoms with Gasteiger partial charge in [0.1, 0.15) is 0 Å². The molecule has 6 heteroatoms. The standard InChI is InChI=1S/C16H33N3O2.HI/c1-3-5-6-10-18-16(17-4-2)19-11-7-12-21-15-8-13-20-14-9-15;/h15H,3-14H2,1-2H3,(H2,17,18,19);1H. The molecule has 1 saturated heterocycles. The van der Waals surface area contributed by atoms with Gasteiger partial charge < -0.3 is 20.1 Å². The number of nitrogens with one attached hydrogen (secondary N) is 2. The summed E-state index contributed by atoms with van der Waals surface area (Å²) in [4.78, 5) is 4.58. The third kappa shape index (κ3) is 11.5. The average molecular weight is 427 g/mol. The van der Waals surface area contributed by atoms with Crippen molar-refractivity contribution in [2.75, 3.05) is 39.5 Å². The second-order valence-electron chi connectivity index (χ2n) is 5.43. The fourth-order valence-corrected chi connectivity index (χ4v) is 2.27. The zero-order valence-corrected chi connectivity index (χ0v) is 16.6. The normalized spacial score (nSPS) is 16.2. The van der Waals surface area contributed by atoms with Crippen LogP contribution in [0.1, 0.15) is 52.4 Å². The lowest BCUT2D eigenvalue weighted by molar-refractivity contribution is -0.0318. The molecule has 132 valence electrons. The number of guanidine groups is 1. The molecule has 2 N–H and O–H groups in total. The summed E-state index contributed by atoms with van der Waals surface area (Å²) in [5.41, 5.74) is 0. The van der Waals surface area contributed by atoms with Crippen molar-refractivity contribution >= 4 is 29.9 Å². The van der Waals surface area contributed by atoms with Crippen LogP contribution in [0.25, 0.3) is 0 Å². The predicted octanol–water partition coefficient (Wildman–Crippen LogP) is 2.94. The van der Waals surface area contributed by atoms with E-state index in [2.05, 4.69) is 29.5 Å². The van der Waals surface area contributed by atoms with Crippen molar-refractivity contribution in [3.8, 4) is 0 Å². The summed E-state index contributed by atoms with van der Waals surface area (Å²) >= 11 is 0. The SMILES string of the molecule is CCCCCNC(=NCCCOC1CCOCC1)NCC.I. The van der Waals surface area contributed by atoms with E-state index < -0.39 is 0 Å². The molecule has 0 aromatic heterocycles. The zero-order valence-electron chi connectivity index (χ0n) is 14.2. The quantitative estimate of drug-likeness (QED) is 0.244. The Morgan fingerprint density at radius 2 is 1.91 bits per heavy atom. The first-order chi connectivity index (χ1) is 10.4. The number of aliphatic imine (C=N–C) groups is 1. The lowest BCUT2D eigenvalue weighted by atomic mass is 10.1. The highest BCUT2D eigenvalue weighted by Crippen LogP contribution is 2.10. The van der Waals surface area contributed by atoms with E-state index in [1.807, 2.05) is 0 Å². The highest BCUT2D eigenvalue weighted by Gasteiger charge is 2.13. The molecule has 0 radical (unpaired) electrons. The summed E-state index contributed by atoms with van der Waals surface area (Å²) < 4.78 is 11.2. The number of halogens is 1. The van der Waals surface area contributed by atoms with E-state index in [1.165, 1.54) is 19.3 Å². The highest BCUT2D eigenvalue weighted by atomic mass is 127. The molecule has 1 aliphatic rings. The Kier molecular flexibility index (Phi) is 15.7. The second kappa shape index (κ2) is 15.8. The van der Waals surface area contributed by atoms with E-state index >= 15 is 0 Å². The Morgan fingerprint density at radius 1 is 1.14 bits per heavy atom. The van der Waals surface area contributed by atoms with Gasteiger partial charge >= 0.3 is 0 Å². The molecule has 22 heavy (non-hydrogen) atoms. The van der Waals surface area contributed by atoms with Crippen LogP contribution in [-0.4, -0.2) is 51.5 Å². The van der Waals surface area contributed by atoms with Gasteiger partial charge in [-0.25, -0.2) is 0 Å². The largest absolute Gasteiger partial charge is 0.381 e. The maximum atomic E-state index is 5.85. The minimum atomic E-state index is 0. The number of nitrogens with zero attached hydrogens (tertiary/aromatic N) is 1. The van der Waals surface area contributed by atoms with E-state index in [-0.39, 0.29) is 24.0 Å². The fraction of sp³-hybridized carbons (Fsp3) is 0.938. The van der Waals surface area contributed by atoms with E-state index in [0.717, 1.165) is 64.7 Å². The summed E-state index contributed by atoms with van der Waals surface area (Å²) in [6, 6.07) is 0. The second-order valence-corrected chi connectivity index (χ2v) is 5.43. The first-order valence-corrected chi connectivity index (χ1v) is 8.58. The fourth-order valence-electron chi connectivity index (χ4n) is 2.27. The van der Waals surface area contributed by atoms with Gasteiger partial charge in [0, 0.05) is 39.5 Å². The van der Waals surface area contributed by atoms with E-state index in [0.29, 0.717) is 6.10 Å². The molecule has 0 bridgehead atoms. The molecule has 0 aromatic rings. The molecule has 0 saturated carbocycles. The molecule has 1 fully saturated rings. The molecular weight excluding hydrogens is 393 g/mol. The molecule has 1 aliphatic heterocycles. The van der Waals surface area contributed by atoms with Gasteiger partial charge in [-0.2, -0.15) is 0 Å². The molecule has 1 rings (SSSR count). The minimum Gasteiger partial charge on any atom is -0.381 e. The van der Waals surface area contributed by atoms with Gasteiger partial charge in [-0.1, -0.05) is 19.8 Å². The topological polar surface area (TPSA) is 54.9 Å². The minimum absolute atomic E-state index is 0. The Hall–Kier alpha value is -0.0800. The van der Waals surface area contributed by atoms with Gasteiger partial charge in [0.2, 0.25) is 0 Å². The molecule has 5 nitrogen and oxygen atoms in total. The lowest BCUT2D eigenvalue weighted by Crippen LogP contribution is -2.37. The maximum absolute atomic E-state index is 5.85. The Balaban J connectivity index is 0.00000441. The first-order valence-electron chi connectivity index (χ1n) is 8.58. The summed E-state index contributed by atoms with van der Waals surface area (Å²) in [7, 11) is 0. The van der Waals surface area contributed by atoms with Crippen LogP contribution in [0.3, 0.4) is 0 Å². The number of rotatable bonds is 10. The molecule has 0 amide bonds. The monoisotopic (exact) mass is 427 g/mol. The van der Waals surface area contributed by atoms with Crippen LogP contribution < -0.4 is 10.6 Å². The van der Waals surface area contributed by atoms with Crippen molar-refractivity contribution in [2.24, 2.45) is 4.99 Å².